The molecule has 0 fully saturated rings. The van der Waals surface area contributed by atoms with Crippen LogP contribution < -0.4 is 10.0 Å². The Balaban J connectivity index is 1.61. The number of rotatable bonds is 6. The molecule has 9 nitrogen and oxygen atoms in total. The zero-order valence-electron chi connectivity index (χ0n) is 18.4. The Bertz CT molecular complexity index is 1370. The van der Waals surface area contributed by atoms with Crippen molar-refractivity contribution < 1.29 is 17.7 Å². The first kappa shape index (κ1) is 22.6. The van der Waals surface area contributed by atoms with Gasteiger partial charge in [0.05, 0.1) is 11.4 Å². The van der Waals surface area contributed by atoms with Gasteiger partial charge in [-0.25, -0.2) is 18.1 Å². The van der Waals surface area contributed by atoms with Crippen LogP contribution in [0.2, 0.25) is 0 Å². The van der Waals surface area contributed by atoms with Gasteiger partial charge in [-0.05, 0) is 55.8 Å². The standard InChI is InChI=1S/C23H23N5O4S/c1-13-21(14(2)32-28-13)17-7-6-16-11-20(24)27-22(19(16)10-17)23(29)26-18-8-4-15(5-9-18)12-33(30,31)25-3/h4-10,24-25H,11-12H2,1-3H3,(H,26,29). The first-order chi connectivity index (χ1) is 15.7. The Morgan fingerprint density at radius 1 is 1.15 bits per heavy atom. The molecule has 0 aliphatic carbocycles. The van der Waals surface area contributed by atoms with Gasteiger partial charge in [0.2, 0.25) is 10.0 Å². The fourth-order valence-corrected chi connectivity index (χ4v) is 4.53. The summed E-state index contributed by atoms with van der Waals surface area (Å²) in [5.41, 5.74) is 5.19. The van der Waals surface area contributed by atoms with Gasteiger partial charge in [0.1, 0.15) is 17.3 Å². The number of aryl methyl sites for hydroxylation is 2. The maximum atomic E-state index is 13.1. The molecule has 4 rings (SSSR count). The number of nitrogens with zero attached hydrogens (tertiary/aromatic N) is 2. The van der Waals surface area contributed by atoms with E-state index >= 15 is 0 Å². The van der Waals surface area contributed by atoms with E-state index in [1.165, 1.54) is 7.05 Å². The molecule has 0 saturated carbocycles. The van der Waals surface area contributed by atoms with E-state index in [2.05, 4.69) is 20.2 Å². The first-order valence-electron chi connectivity index (χ1n) is 10.2. The minimum Gasteiger partial charge on any atom is -0.361 e. The zero-order valence-corrected chi connectivity index (χ0v) is 19.2. The molecule has 1 amide bonds. The SMILES string of the molecule is CNS(=O)(=O)Cc1ccc(NC(=O)C2=NC(=N)Cc3ccc(-c4c(C)noc4C)cc32)cc1. The van der Waals surface area contributed by atoms with Crippen LogP contribution in [0.3, 0.4) is 0 Å². The summed E-state index contributed by atoms with van der Waals surface area (Å²) < 4.78 is 31.0. The second kappa shape index (κ2) is 8.72. The van der Waals surface area contributed by atoms with Crippen molar-refractivity contribution in [3.05, 3.63) is 70.6 Å². The van der Waals surface area contributed by atoms with Gasteiger partial charge >= 0.3 is 0 Å². The van der Waals surface area contributed by atoms with Crippen LogP contribution in [0.5, 0.6) is 0 Å². The number of anilines is 1. The quantitative estimate of drug-likeness (QED) is 0.514. The number of aliphatic imine (C=N–C) groups is 1. The van der Waals surface area contributed by atoms with Gasteiger partial charge in [0.15, 0.2) is 0 Å². The molecule has 0 unspecified atom stereocenters. The molecule has 0 saturated heterocycles. The smallest absolute Gasteiger partial charge is 0.274 e. The van der Waals surface area contributed by atoms with E-state index in [0.717, 1.165) is 22.4 Å². The van der Waals surface area contributed by atoms with E-state index < -0.39 is 15.9 Å². The van der Waals surface area contributed by atoms with Crippen LogP contribution >= 0.6 is 0 Å². The molecule has 2 heterocycles. The molecule has 3 aromatic rings. The Kier molecular flexibility index (Phi) is 5.96. The third kappa shape index (κ3) is 4.76. The largest absolute Gasteiger partial charge is 0.361 e. The van der Waals surface area contributed by atoms with Crippen molar-refractivity contribution in [3.8, 4) is 11.1 Å². The second-order valence-electron chi connectivity index (χ2n) is 7.77. The maximum Gasteiger partial charge on any atom is 0.274 e. The van der Waals surface area contributed by atoms with Gasteiger partial charge in [-0.1, -0.05) is 29.4 Å². The van der Waals surface area contributed by atoms with Gasteiger partial charge < -0.3 is 9.84 Å². The highest BCUT2D eigenvalue weighted by molar-refractivity contribution is 7.88. The predicted octanol–water partition coefficient (Wildman–Crippen LogP) is 2.97. The van der Waals surface area contributed by atoms with Crippen LogP contribution in [0.15, 0.2) is 52.0 Å². The molecule has 0 bridgehead atoms. The number of hydrogen-bond acceptors (Lipinski definition) is 6. The van der Waals surface area contributed by atoms with Crippen molar-refractivity contribution in [2.75, 3.05) is 12.4 Å². The molecule has 10 heteroatoms. The topological polar surface area (TPSA) is 138 Å². The van der Waals surface area contributed by atoms with Crippen molar-refractivity contribution in [3.63, 3.8) is 0 Å². The van der Waals surface area contributed by atoms with Crippen LogP contribution in [0.1, 0.15) is 28.1 Å². The number of hydrogen-bond donors (Lipinski definition) is 3. The Morgan fingerprint density at radius 2 is 1.88 bits per heavy atom. The highest BCUT2D eigenvalue weighted by atomic mass is 32.2. The van der Waals surface area contributed by atoms with Crippen LogP contribution in [0, 0.1) is 19.3 Å². The summed E-state index contributed by atoms with van der Waals surface area (Å²) >= 11 is 0. The molecule has 3 N–H and O–H groups in total. The summed E-state index contributed by atoms with van der Waals surface area (Å²) in [6.45, 7) is 3.69. The number of carbonyl (C=O) groups is 1. The summed E-state index contributed by atoms with van der Waals surface area (Å²) in [5.74, 6) is 0.177. The number of benzene rings is 2. The van der Waals surface area contributed by atoms with Gasteiger partial charge in [-0.15, -0.1) is 0 Å². The minimum atomic E-state index is -3.39. The average Bonchev–Trinajstić information content (AvgIpc) is 3.12. The summed E-state index contributed by atoms with van der Waals surface area (Å²) in [6.07, 6.45) is 0.336. The number of sulfonamides is 1. The normalized spacial score (nSPS) is 13.4. The number of nitrogens with one attached hydrogen (secondary N) is 3. The fourth-order valence-electron chi connectivity index (χ4n) is 3.76. The molecule has 2 aromatic carbocycles. The van der Waals surface area contributed by atoms with E-state index in [1.807, 2.05) is 32.0 Å². The minimum absolute atomic E-state index is 0.102. The third-order valence-corrected chi connectivity index (χ3v) is 6.72. The number of carbonyl (C=O) groups excluding carboxylic acids is 1. The summed E-state index contributed by atoms with van der Waals surface area (Å²) in [4.78, 5) is 17.3. The number of amides is 1. The zero-order chi connectivity index (χ0) is 23.8. The lowest BCUT2D eigenvalue weighted by Crippen LogP contribution is -2.29. The predicted molar refractivity (Wildman–Crippen MR) is 126 cm³/mol. The highest BCUT2D eigenvalue weighted by Crippen LogP contribution is 2.30. The van der Waals surface area contributed by atoms with E-state index in [9.17, 15) is 13.2 Å². The molecular weight excluding hydrogens is 442 g/mol. The molecule has 1 aliphatic heterocycles. The van der Waals surface area contributed by atoms with Gasteiger partial charge in [-0.3, -0.25) is 10.2 Å². The first-order valence-corrected chi connectivity index (χ1v) is 11.9. The third-order valence-electron chi connectivity index (χ3n) is 5.39. The summed E-state index contributed by atoms with van der Waals surface area (Å²) in [6, 6.07) is 12.2. The fraction of sp³-hybridized carbons (Fsp3) is 0.217. The van der Waals surface area contributed by atoms with Crippen LogP contribution in [0.4, 0.5) is 5.69 Å². The van der Waals surface area contributed by atoms with E-state index in [4.69, 9.17) is 9.93 Å². The molecule has 170 valence electrons. The highest BCUT2D eigenvalue weighted by Gasteiger charge is 2.25. The van der Waals surface area contributed by atoms with Crippen molar-refractivity contribution in [2.24, 2.45) is 4.99 Å². The molecule has 0 atom stereocenters. The lowest BCUT2D eigenvalue weighted by molar-refractivity contribution is -0.110. The average molecular weight is 466 g/mol. The summed E-state index contributed by atoms with van der Waals surface area (Å²) in [7, 11) is -2.02. The molecular formula is C23H23N5O4S. The molecule has 0 radical (unpaired) electrons. The van der Waals surface area contributed by atoms with Crippen molar-refractivity contribution in [1.82, 2.24) is 9.88 Å². The lowest BCUT2D eigenvalue weighted by Gasteiger charge is -2.18. The van der Waals surface area contributed by atoms with Crippen LogP contribution in [-0.4, -0.2) is 38.1 Å². The maximum absolute atomic E-state index is 13.1. The van der Waals surface area contributed by atoms with E-state index in [1.54, 1.807) is 24.3 Å². The monoisotopic (exact) mass is 465 g/mol. The number of amidine groups is 1. The van der Waals surface area contributed by atoms with Gasteiger partial charge in [0.25, 0.3) is 5.91 Å². The Morgan fingerprint density at radius 3 is 2.52 bits per heavy atom. The van der Waals surface area contributed by atoms with Crippen molar-refractivity contribution >= 4 is 33.2 Å². The van der Waals surface area contributed by atoms with Crippen molar-refractivity contribution in [1.29, 1.82) is 5.41 Å². The van der Waals surface area contributed by atoms with E-state index in [-0.39, 0.29) is 17.3 Å². The second-order valence-corrected chi connectivity index (χ2v) is 9.70. The Hall–Kier alpha value is -3.63. The van der Waals surface area contributed by atoms with Gasteiger partial charge in [-0.2, -0.15) is 0 Å². The lowest BCUT2D eigenvalue weighted by atomic mass is 9.92. The molecule has 0 spiro atoms. The van der Waals surface area contributed by atoms with Crippen LogP contribution in [0.25, 0.3) is 11.1 Å². The van der Waals surface area contributed by atoms with Crippen LogP contribution in [-0.2, 0) is 27.0 Å². The summed E-state index contributed by atoms with van der Waals surface area (Å²) in [5, 5.41) is 14.9. The van der Waals surface area contributed by atoms with E-state index in [0.29, 0.717) is 29.0 Å². The molecule has 1 aliphatic rings. The molecule has 1 aromatic heterocycles. The number of aromatic nitrogens is 1. The number of fused-ring (bicyclic) bond motifs is 1. The molecule has 33 heavy (non-hydrogen) atoms. The van der Waals surface area contributed by atoms with Crippen molar-refractivity contribution in [2.45, 2.75) is 26.0 Å². The Labute approximate surface area is 191 Å². The van der Waals surface area contributed by atoms with Gasteiger partial charge in [0, 0.05) is 23.2 Å².